The van der Waals surface area contributed by atoms with Gasteiger partial charge in [-0.15, -0.1) is 0 Å². The third kappa shape index (κ3) is 6.07. The fourth-order valence-electron chi connectivity index (χ4n) is 3.42. The van der Waals surface area contributed by atoms with Gasteiger partial charge in [-0.1, -0.05) is 30.3 Å². The maximum atomic E-state index is 12.8. The summed E-state index contributed by atoms with van der Waals surface area (Å²) in [6, 6.07) is 6.97. The zero-order chi connectivity index (χ0) is 22.2. The van der Waals surface area contributed by atoms with E-state index in [4.69, 9.17) is 4.74 Å². The van der Waals surface area contributed by atoms with E-state index in [-0.39, 0.29) is 26.2 Å². The number of rotatable bonds is 6. The van der Waals surface area contributed by atoms with Crippen molar-refractivity contribution in [2.75, 3.05) is 39.3 Å². The quantitative estimate of drug-likeness (QED) is 0.454. The van der Waals surface area contributed by atoms with Gasteiger partial charge in [0.25, 0.3) is 0 Å². The molecule has 2 saturated heterocycles. The molecule has 2 aliphatic heterocycles. The highest BCUT2D eigenvalue weighted by molar-refractivity contribution is 5.93. The Kier molecular flexibility index (Phi) is 7.65. The fourth-order valence-corrected chi connectivity index (χ4v) is 3.42. The summed E-state index contributed by atoms with van der Waals surface area (Å²) in [5, 5.41) is 17.0. The summed E-state index contributed by atoms with van der Waals surface area (Å²) in [6.07, 6.45) is 0.0931. The Hall–Kier alpha value is -3.34. The molecule has 168 valence electrons. The summed E-state index contributed by atoms with van der Waals surface area (Å²) in [6.45, 7) is 1.08. The van der Waals surface area contributed by atoms with Crippen LogP contribution in [-0.2, 0) is 20.9 Å². The molecule has 5 amide bonds. The van der Waals surface area contributed by atoms with Crippen LogP contribution in [0.1, 0.15) is 12.0 Å². The van der Waals surface area contributed by atoms with Crippen molar-refractivity contribution in [3.05, 3.63) is 35.9 Å². The van der Waals surface area contributed by atoms with Crippen molar-refractivity contribution in [3.63, 3.8) is 0 Å². The van der Waals surface area contributed by atoms with Gasteiger partial charge in [-0.2, -0.15) is 0 Å². The Bertz CT molecular complexity index is 805. The monoisotopic (exact) mass is 433 g/mol. The molecule has 2 aliphatic rings. The number of amides is 5. The Morgan fingerprint density at radius 1 is 1.13 bits per heavy atom. The Labute approximate surface area is 179 Å². The van der Waals surface area contributed by atoms with Crippen molar-refractivity contribution < 1.29 is 29.0 Å². The van der Waals surface area contributed by atoms with Crippen LogP contribution in [0.25, 0.3) is 0 Å². The van der Waals surface area contributed by atoms with Crippen LogP contribution in [0.2, 0.25) is 0 Å². The Balaban J connectivity index is 1.49. The number of aliphatic hydroxyl groups is 1. The zero-order valence-electron chi connectivity index (χ0n) is 17.1. The van der Waals surface area contributed by atoms with E-state index in [1.807, 2.05) is 30.3 Å². The molecule has 0 aliphatic carbocycles. The van der Waals surface area contributed by atoms with Crippen molar-refractivity contribution >= 4 is 23.9 Å². The molecule has 1 unspecified atom stereocenters. The lowest BCUT2D eigenvalue weighted by atomic mass is 10.2. The van der Waals surface area contributed by atoms with Gasteiger partial charge in [0, 0.05) is 32.7 Å². The van der Waals surface area contributed by atoms with E-state index in [0.29, 0.717) is 19.5 Å². The van der Waals surface area contributed by atoms with E-state index < -0.39 is 42.6 Å². The summed E-state index contributed by atoms with van der Waals surface area (Å²) in [4.78, 5) is 51.6. The van der Waals surface area contributed by atoms with Gasteiger partial charge in [-0.05, 0) is 12.0 Å². The molecule has 31 heavy (non-hydrogen) atoms. The van der Waals surface area contributed by atoms with Crippen LogP contribution >= 0.6 is 0 Å². The van der Waals surface area contributed by atoms with E-state index in [9.17, 15) is 24.3 Å². The molecule has 0 radical (unpaired) electrons. The normalized spacial score (nSPS) is 19.6. The third-order valence-electron chi connectivity index (χ3n) is 5.16. The maximum absolute atomic E-state index is 12.8. The van der Waals surface area contributed by atoms with Gasteiger partial charge >= 0.3 is 12.1 Å². The number of hydrogen-bond acceptors (Lipinski definition) is 6. The highest BCUT2D eigenvalue weighted by atomic mass is 16.6. The van der Waals surface area contributed by atoms with Crippen molar-refractivity contribution in [2.45, 2.75) is 25.1 Å². The first-order chi connectivity index (χ1) is 15.0. The minimum atomic E-state index is -1.12. The summed E-state index contributed by atoms with van der Waals surface area (Å²) < 4.78 is 5.35. The van der Waals surface area contributed by atoms with Crippen LogP contribution in [-0.4, -0.2) is 90.3 Å². The third-order valence-corrected chi connectivity index (χ3v) is 5.16. The topological polar surface area (TPSA) is 140 Å². The van der Waals surface area contributed by atoms with E-state index in [2.05, 4.69) is 16.0 Å². The Morgan fingerprint density at radius 2 is 1.84 bits per heavy atom. The van der Waals surface area contributed by atoms with Crippen molar-refractivity contribution in [2.24, 2.45) is 0 Å². The Morgan fingerprint density at radius 3 is 2.52 bits per heavy atom. The zero-order valence-corrected chi connectivity index (χ0v) is 17.1. The number of aliphatic hydroxyl groups excluding tert-OH is 1. The predicted octanol–water partition coefficient (Wildman–Crippen LogP) is -0.984. The van der Waals surface area contributed by atoms with Gasteiger partial charge in [-0.3, -0.25) is 9.59 Å². The molecule has 0 spiro atoms. The standard InChI is InChI=1S/C20H27N5O6/c26-12-16(22-17(27)15-11-21-19(29)23-15)18(28)24-7-4-8-25(10-9-24)20(30)31-13-14-5-2-1-3-6-14/h1-3,5-6,15-16,26H,4,7-13H2,(H,22,27)(H2,21,23,29)/t15?,16-/m0/s1. The predicted molar refractivity (Wildman–Crippen MR) is 109 cm³/mol. The van der Waals surface area contributed by atoms with E-state index in [1.54, 1.807) is 4.90 Å². The average molecular weight is 433 g/mol. The number of carbonyl (C=O) groups is 4. The smallest absolute Gasteiger partial charge is 0.410 e. The van der Waals surface area contributed by atoms with Crippen LogP contribution < -0.4 is 16.0 Å². The number of urea groups is 1. The van der Waals surface area contributed by atoms with Crippen molar-refractivity contribution in [3.8, 4) is 0 Å². The number of nitrogens with zero attached hydrogens (tertiary/aromatic N) is 2. The first-order valence-corrected chi connectivity index (χ1v) is 10.2. The van der Waals surface area contributed by atoms with Gasteiger partial charge in [-0.25, -0.2) is 9.59 Å². The molecule has 1 aromatic rings. The highest BCUT2D eigenvalue weighted by Gasteiger charge is 2.32. The number of ether oxygens (including phenoxy) is 1. The van der Waals surface area contributed by atoms with Gasteiger partial charge < -0.3 is 35.6 Å². The lowest BCUT2D eigenvalue weighted by molar-refractivity contribution is -0.137. The second-order valence-corrected chi connectivity index (χ2v) is 7.36. The van der Waals surface area contributed by atoms with E-state index in [1.165, 1.54) is 4.90 Å². The number of benzene rings is 1. The molecule has 0 aromatic heterocycles. The van der Waals surface area contributed by atoms with Crippen LogP contribution in [0, 0.1) is 0 Å². The van der Waals surface area contributed by atoms with Gasteiger partial charge in [0.05, 0.1) is 6.61 Å². The van der Waals surface area contributed by atoms with Crippen LogP contribution in [0.5, 0.6) is 0 Å². The summed E-state index contributed by atoms with van der Waals surface area (Å²) in [5.41, 5.74) is 0.887. The molecule has 1 aromatic carbocycles. The molecular formula is C20H27N5O6. The van der Waals surface area contributed by atoms with Crippen LogP contribution in [0.15, 0.2) is 30.3 Å². The second kappa shape index (κ2) is 10.6. The summed E-state index contributed by atoms with van der Waals surface area (Å²) in [7, 11) is 0. The average Bonchev–Trinajstić information content (AvgIpc) is 3.07. The maximum Gasteiger partial charge on any atom is 0.410 e. The summed E-state index contributed by atoms with van der Waals surface area (Å²) >= 11 is 0. The van der Waals surface area contributed by atoms with Crippen LogP contribution in [0.3, 0.4) is 0 Å². The molecule has 2 heterocycles. The van der Waals surface area contributed by atoms with Crippen molar-refractivity contribution in [1.29, 1.82) is 0 Å². The van der Waals surface area contributed by atoms with Gasteiger partial charge in [0.2, 0.25) is 11.8 Å². The molecule has 0 saturated carbocycles. The highest BCUT2D eigenvalue weighted by Crippen LogP contribution is 2.09. The lowest BCUT2D eigenvalue weighted by Gasteiger charge is -2.26. The molecule has 11 nitrogen and oxygen atoms in total. The first kappa shape index (κ1) is 22.3. The fraction of sp³-hybridized carbons (Fsp3) is 0.500. The number of carbonyl (C=O) groups excluding carboxylic acids is 4. The largest absolute Gasteiger partial charge is 0.445 e. The van der Waals surface area contributed by atoms with E-state index in [0.717, 1.165) is 5.56 Å². The second-order valence-electron chi connectivity index (χ2n) is 7.36. The van der Waals surface area contributed by atoms with Crippen molar-refractivity contribution in [1.82, 2.24) is 25.8 Å². The minimum Gasteiger partial charge on any atom is -0.445 e. The van der Waals surface area contributed by atoms with E-state index >= 15 is 0 Å². The molecule has 3 rings (SSSR count). The first-order valence-electron chi connectivity index (χ1n) is 10.2. The van der Waals surface area contributed by atoms with Gasteiger partial charge in [0.1, 0.15) is 18.7 Å². The molecule has 0 bridgehead atoms. The molecule has 11 heteroatoms. The summed E-state index contributed by atoms with van der Waals surface area (Å²) in [5.74, 6) is -0.987. The molecular weight excluding hydrogens is 406 g/mol. The van der Waals surface area contributed by atoms with Crippen LogP contribution in [0.4, 0.5) is 9.59 Å². The lowest BCUT2D eigenvalue weighted by Crippen LogP contribution is -2.55. The number of nitrogens with one attached hydrogen (secondary N) is 3. The minimum absolute atomic E-state index is 0.112. The molecule has 4 N–H and O–H groups in total. The van der Waals surface area contributed by atoms with Gasteiger partial charge in [0.15, 0.2) is 0 Å². The molecule has 2 atom stereocenters. The molecule has 2 fully saturated rings. The number of hydrogen-bond donors (Lipinski definition) is 4. The SMILES string of the molecule is O=C1NCC(C(=O)N[C@@H](CO)C(=O)N2CCCN(C(=O)OCc3ccccc3)CC2)N1.